The molecular weight excluding hydrogens is 284 g/mol. The SMILES string of the molecule is C[C@@H](N)Cc1cnc(C(=O)O)[nH]1.N[C@@H](CC(=O)O)C(=O)O. The number of imidazole rings is 1. The minimum atomic E-state index is -1.29. The predicted molar refractivity (Wildman–Crippen MR) is 70.8 cm³/mol. The second-order valence-corrected chi connectivity index (χ2v) is 4.29. The first-order valence-corrected chi connectivity index (χ1v) is 5.86. The molecule has 0 radical (unpaired) electrons. The number of H-pyrrole nitrogens is 1. The Bertz CT molecular complexity index is 499. The number of rotatable bonds is 6. The molecule has 118 valence electrons. The van der Waals surface area contributed by atoms with Crippen molar-refractivity contribution >= 4 is 17.9 Å². The maximum atomic E-state index is 10.4. The van der Waals surface area contributed by atoms with Crippen LogP contribution in [-0.4, -0.2) is 55.3 Å². The highest BCUT2D eigenvalue weighted by atomic mass is 16.4. The molecule has 8 N–H and O–H groups in total. The van der Waals surface area contributed by atoms with Gasteiger partial charge in [-0.2, -0.15) is 0 Å². The number of hydrogen-bond acceptors (Lipinski definition) is 6. The van der Waals surface area contributed by atoms with E-state index in [1.54, 1.807) is 0 Å². The summed E-state index contributed by atoms with van der Waals surface area (Å²) in [6.07, 6.45) is 1.57. The van der Waals surface area contributed by atoms with Gasteiger partial charge in [0.25, 0.3) is 0 Å². The largest absolute Gasteiger partial charge is 0.481 e. The standard InChI is InChI=1S/C7H11N3O2.C4H7NO4/c1-4(8)2-5-3-9-6(10-5)7(11)12;5-2(4(8)9)1-3(6)7/h3-4H,2,8H2,1H3,(H,9,10)(H,11,12);2H,1,5H2,(H,6,7)(H,8,9)/t4-;2-/m10/s1. The highest BCUT2D eigenvalue weighted by Gasteiger charge is 2.14. The molecule has 0 aliphatic carbocycles. The number of nitrogens with two attached hydrogens (primary N) is 2. The molecule has 10 heteroatoms. The van der Waals surface area contributed by atoms with Crippen LogP contribution in [0.3, 0.4) is 0 Å². The average Bonchev–Trinajstić information content (AvgIpc) is 2.76. The van der Waals surface area contributed by atoms with E-state index >= 15 is 0 Å². The van der Waals surface area contributed by atoms with Crippen LogP contribution in [0.1, 0.15) is 29.7 Å². The maximum absolute atomic E-state index is 10.4. The quantitative estimate of drug-likeness (QED) is 0.377. The number of carboxylic acids is 3. The monoisotopic (exact) mass is 302 g/mol. The fraction of sp³-hybridized carbons (Fsp3) is 0.455. The number of carboxylic acid groups (broad SMARTS) is 3. The van der Waals surface area contributed by atoms with Crippen LogP contribution in [-0.2, 0) is 16.0 Å². The predicted octanol–water partition coefficient (Wildman–Crippen LogP) is -1.13. The van der Waals surface area contributed by atoms with E-state index in [1.165, 1.54) is 6.20 Å². The van der Waals surface area contributed by atoms with Crippen molar-refractivity contribution < 1.29 is 29.7 Å². The third-order valence-electron chi connectivity index (χ3n) is 2.08. The highest BCUT2D eigenvalue weighted by molar-refractivity contribution is 5.83. The van der Waals surface area contributed by atoms with Gasteiger partial charge in [-0.25, -0.2) is 9.78 Å². The van der Waals surface area contributed by atoms with Crippen molar-refractivity contribution in [1.82, 2.24) is 9.97 Å². The molecule has 2 atom stereocenters. The van der Waals surface area contributed by atoms with Crippen LogP contribution < -0.4 is 11.5 Å². The van der Waals surface area contributed by atoms with Gasteiger partial charge in [-0.15, -0.1) is 0 Å². The number of nitrogens with zero attached hydrogens (tertiary/aromatic N) is 1. The second kappa shape index (κ2) is 8.66. The van der Waals surface area contributed by atoms with E-state index in [4.69, 9.17) is 26.8 Å². The fourth-order valence-electron chi connectivity index (χ4n) is 1.19. The van der Waals surface area contributed by atoms with Crippen LogP contribution in [0, 0.1) is 0 Å². The van der Waals surface area contributed by atoms with Gasteiger partial charge in [0.2, 0.25) is 5.82 Å². The third kappa shape index (κ3) is 8.34. The van der Waals surface area contributed by atoms with E-state index in [2.05, 4.69) is 9.97 Å². The number of nitrogens with one attached hydrogen (secondary N) is 1. The first-order chi connectivity index (χ1) is 9.63. The third-order valence-corrected chi connectivity index (χ3v) is 2.08. The summed E-state index contributed by atoms with van der Waals surface area (Å²) in [4.78, 5) is 36.3. The van der Waals surface area contributed by atoms with Gasteiger partial charge in [0.05, 0.1) is 6.42 Å². The molecule has 1 aromatic heterocycles. The Labute approximate surface area is 119 Å². The normalized spacial score (nSPS) is 12.7. The van der Waals surface area contributed by atoms with Gasteiger partial charge in [-0.1, -0.05) is 0 Å². The summed E-state index contributed by atoms with van der Waals surface area (Å²) < 4.78 is 0. The van der Waals surface area contributed by atoms with E-state index in [-0.39, 0.29) is 11.9 Å². The molecule has 0 saturated carbocycles. The van der Waals surface area contributed by atoms with Crippen LogP contribution in [0.2, 0.25) is 0 Å². The summed E-state index contributed by atoms with van der Waals surface area (Å²) in [7, 11) is 0. The molecule has 0 aliphatic rings. The van der Waals surface area contributed by atoms with Crippen LogP contribution in [0.5, 0.6) is 0 Å². The molecule has 0 spiro atoms. The van der Waals surface area contributed by atoms with Gasteiger partial charge >= 0.3 is 17.9 Å². The van der Waals surface area contributed by atoms with E-state index in [0.717, 1.165) is 5.69 Å². The molecule has 21 heavy (non-hydrogen) atoms. The Hall–Kier alpha value is -2.46. The first kappa shape index (κ1) is 18.5. The molecule has 0 amide bonds. The van der Waals surface area contributed by atoms with E-state index in [9.17, 15) is 14.4 Å². The smallest absolute Gasteiger partial charge is 0.371 e. The molecular formula is C11H18N4O6. The van der Waals surface area contributed by atoms with Gasteiger partial charge in [-0.3, -0.25) is 9.59 Å². The first-order valence-electron chi connectivity index (χ1n) is 5.86. The minimum absolute atomic E-state index is 0.00657. The van der Waals surface area contributed by atoms with Gasteiger partial charge in [0, 0.05) is 24.4 Å². The van der Waals surface area contributed by atoms with Crippen molar-refractivity contribution in [3.05, 3.63) is 17.7 Å². The number of aromatic nitrogens is 2. The van der Waals surface area contributed by atoms with Crippen molar-refractivity contribution in [2.24, 2.45) is 11.5 Å². The minimum Gasteiger partial charge on any atom is -0.481 e. The van der Waals surface area contributed by atoms with E-state index in [0.29, 0.717) is 6.42 Å². The summed E-state index contributed by atoms with van der Waals surface area (Å²) in [5.41, 5.74) is 11.1. The lowest BCUT2D eigenvalue weighted by Gasteiger charge is -1.99. The van der Waals surface area contributed by atoms with Crippen LogP contribution in [0.15, 0.2) is 6.20 Å². The van der Waals surface area contributed by atoms with Crippen molar-refractivity contribution in [3.63, 3.8) is 0 Å². The van der Waals surface area contributed by atoms with Crippen LogP contribution in [0.4, 0.5) is 0 Å². The zero-order chi connectivity index (χ0) is 16.6. The number of aromatic amines is 1. The van der Waals surface area contributed by atoms with Crippen molar-refractivity contribution in [2.75, 3.05) is 0 Å². The summed E-state index contributed by atoms with van der Waals surface area (Å²) in [5, 5.41) is 24.5. The summed E-state index contributed by atoms with van der Waals surface area (Å²) in [6.45, 7) is 1.85. The van der Waals surface area contributed by atoms with Gasteiger partial charge < -0.3 is 31.8 Å². The number of aromatic carboxylic acids is 1. The Morgan fingerprint density at radius 3 is 2.14 bits per heavy atom. The highest BCUT2D eigenvalue weighted by Crippen LogP contribution is 1.99. The lowest BCUT2D eigenvalue weighted by atomic mass is 10.2. The lowest BCUT2D eigenvalue weighted by molar-refractivity contribution is -0.144. The Morgan fingerprint density at radius 2 is 1.86 bits per heavy atom. The number of carbonyl (C=O) groups is 3. The number of hydrogen-bond donors (Lipinski definition) is 6. The molecule has 0 saturated heterocycles. The molecule has 1 rings (SSSR count). The topological polar surface area (TPSA) is 193 Å². The molecule has 10 nitrogen and oxygen atoms in total. The van der Waals surface area contributed by atoms with Crippen LogP contribution >= 0.6 is 0 Å². The molecule has 0 aromatic carbocycles. The van der Waals surface area contributed by atoms with E-state index < -0.39 is 30.4 Å². The summed E-state index contributed by atoms with van der Waals surface area (Å²) in [5.74, 6) is -3.58. The molecule has 1 heterocycles. The molecule has 0 aliphatic heterocycles. The van der Waals surface area contributed by atoms with Crippen molar-refractivity contribution in [1.29, 1.82) is 0 Å². The zero-order valence-corrected chi connectivity index (χ0v) is 11.3. The van der Waals surface area contributed by atoms with Crippen molar-refractivity contribution in [3.8, 4) is 0 Å². The Kier molecular flexibility index (Phi) is 7.65. The van der Waals surface area contributed by atoms with E-state index in [1.807, 2.05) is 6.92 Å². The van der Waals surface area contributed by atoms with Gasteiger partial charge in [-0.05, 0) is 6.92 Å². The summed E-state index contributed by atoms with van der Waals surface area (Å²) >= 11 is 0. The molecule has 0 unspecified atom stereocenters. The Balaban J connectivity index is 0.000000400. The van der Waals surface area contributed by atoms with Gasteiger partial charge in [0.15, 0.2) is 0 Å². The molecule has 0 bridgehead atoms. The van der Waals surface area contributed by atoms with Gasteiger partial charge in [0.1, 0.15) is 6.04 Å². The van der Waals surface area contributed by atoms with Crippen molar-refractivity contribution in [2.45, 2.75) is 31.8 Å². The lowest BCUT2D eigenvalue weighted by Crippen LogP contribution is -2.32. The average molecular weight is 302 g/mol. The zero-order valence-electron chi connectivity index (χ0n) is 11.3. The second-order valence-electron chi connectivity index (χ2n) is 4.29. The molecule has 0 fully saturated rings. The molecule has 1 aromatic rings. The Morgan fingerprint density at radius 1 is 1.29 bits per heavy atom. The maximum Gasteiger partial charge on any atom is 0.371 e. The fourth-order valence-corrected chi connectivity index (χ4v) is 1.19. The summed E-state index contributed by atoms with van der Waals surface area (Å²) in [6, 6.07) is -1.28. The number of aliphatic carboxylic acids is 2. The van der Waals surface area contributed by atoms with Crippen LogP contribution in [0.25, 0.3) is 0 Å².